The normalized spacial score (nSPS) is 20.1. The maximum absolute atomic E-state index is 12.9. The molecule has 116 valence electrons. The van der Waals surface area contributed by atoms with Crippen molar-refractivity contribution in [2.24, 2.45) is 0 Å². The number of rotatable bonds is 2. The lowest BCUT2D eigenvalue weighted by Crippen LogP contribution is -2.27. The molecule has 0 bridgehead atoms. The van der Waals surface area contributed by atoms with Crippen molar-refractivity contribution in [1.82, 2.24) is 0 Å². The van der Waals surface area contributed by atoms with E-state index in [0.717, 1.165) is 6.07 Å². The molecular formula is C11H9F4NO4S. The molecule has 0 aromatic heterocycles. The maximum atomic E-state index is 12.9. The van der Waals surface area contributed by atoms with Crippen molar-refractivity contribution >= 4 is 21.8 Å². The highest BCUT2D eigenvalue weighted by molar-refractivity contribution is 7.87. The molecule has 0 spiro atoms. The first-order valence-electron chi connectivity index (χ1n) is 5.64. The number of benzene rings is 1. The molecule has 1 heterocycles. The third-order valence-corrected chi connectivity index (χ3v) is 4.19. The number of phenols is 1. The van der Waals surface area contributed by atoms with Crippen molar-refractivity contribution in [3.05, 3.63) is 23.8 Å². The average molecular weight is 327 g/mol. The number of hydrogen-bond donors (Lipinski definition) is 1. The molecule has 1 aliphatic heterocycles. The monoisotopic (exact) mass is 327 g/mol. The van der Waals surface area contributed by atoms with Gasteiger partial charge in [0.25, 0.3) is 0 Å². The first kappa shape index (κ1) is 15.5. The van der Waals surface area contributed by atoms with Crippen molar-refractivity contribution in [3.63, 3.8) is 0 Å². The lowest BCUT2D eigenvalue weighted by atomic mass is 10.1. The molecule has 0 radical (unpaired) electrons. The van der Waals surface area contributed by atoms with Crippen LogP contribution in [-0.4, -0.2) is 31.2 Å². The van der Waals surface area contributed by atoms with E-state index in [1.807, 2.05) is 0 Å². The summed E-state index contributed by atoms with van der Waals surface area (Å²) in [4.78, 5) is 12.3. The smallest absolute Gasteiger partial charge is 0.416 e. The zero-order chi connectivity index (χ0) is 16.0. The number of phenolic OH excluding ortho intramolecular Hbond substituents is 1. The molecule has 0 aliphatic carbocycles. The SMILES string of the molecule is O=C1CC(S(=O)(=O)F)CN1c1cc(C(F)(F)F)ccc1O. The third-order valence-electron chi connectivity index (χ3n) is 3.08. The van der Waals surface area contributed by atoms with Gasteiger partial charge in [-0.15, -0.1) is 3.89 Å². The van der Waals surface area contributed by atoms with E-state index in [1.54, 1.807) is 0 Å². The minimum atomic E-state index is -4.99. The third kappa shape index (κ3) is 3.09. The molecule has 1 aliphatic rings. The summed E-state index contributed by atoms with van der Waals surface area (Å²) in [5.41, 5.74) is -1.62. The Hall–Kier alpha value is -1.84. The van der Waals surface area contributed by atoms with Crippen LogP contribution in [-0.2, 0) is 21.2 Å². The summed E-state index contributed by atoms with van der Waals surface area (Å²) in [5, 5.41) is 7.91. The van der Waals surface area contributed by atoms with Crippen molar-refractivity contribution in [2.45, 2.75) is 17.8 Å². The molecule has 1 fully saturated rings. The van der Waals surface area contributed by atoms with Crippen LogP contribution in [0.2, 0.25) is 0 Å². The molecule has 5 nitrogen and oxygen atoms in total. The van der Waals surface area contributed by atoms with E-state index in [9.17, 15) is 35.4 Å². The summed E-state index contributed by atoms with van der Waals surface area (Å²) >= 11 is 0. The zero-order valence-electron chi connectivity index (χ0n) is 10.3. The van der Waals surface area contributed by atoms with E-state index in [2.05, 4.69) is 0 Å². The van der Waals surface area contributed by atoms with Crippen LogP contribution in [0, 0.1) is 0 Å². The molecule has 2 rings (SSSR count). The lowest BCUT2D eigenvalue weighted by Gasteiger charge is -2.19. The van der Waals surface area contributed by atoms with E-state index in [-0.39, 0.29) is 0 Å². The number of hydrogen-bond acceptors (Lipinski definition) is 4. The van der Waals surface area contributed by atoms with Crippen molar-refractivity contribution in [2.75, 3.05) is 11.4 Å². The summed E-state index contributed by atoms with van der Waals surface area (Å²) in [6.45, 7) is -0.646. The predicted molar refractivity (Wildman–Crippen MR) is 63.9 cm³/mol. The van der Waals surface area contributed by atoms with Gasteiger partial charge >= 0.3 is 16.4 Å². The summed E-state index contributed by atoms with van der Waals surface area (Å²) in [5.74, 6) is -1.51. The Morgan fingerprint density at radius 1 is 1.29 bits per heavy atom. The highest BCUT2D eigenvalue weighted by atomic mass is 32.3. The molecule has 10 heteroatoms. The van der Waals surface area contributed by atoms with E-state index in [0.29, 0.717) is 17.0 Å². The highest BCUT2D eigenvalue weighted by Gasteiger charge is 2.40. The lowest BCUT2D eigenvalue weighted by molar-refractivity contribution is -0.137. The quantitative estimate of drug-likeness (QED) is 0.664. The molecule has 1 N–H and O–H groups in total. The summed E-state index contributed by atoms with van der Waals surface area (Å²) in [6.07, 6.45) is -5.38. The summed E-state index contributed by atoms with van der Waals surface area (Å²) in [6, 6.07) is 1.87. The van der Waals surface area contributed by atoms with Crippen LogP contribution in [0.4, 0.5) is 22.7 Å². The van der Waals surface area contributed by atoms with Gasteiger partial charge in [-0.05, 0) is 18.2 Å². The number of alkyl halides is 3. The van der Waals surface area contributed by atoms with E-state index in [4.69, 9.17) is 0 Å². The number of carbonyl (C=O) groups is 1. The van der Waals surface area contributed by atoms with Gasteiger partial charge in [-0.25, -0.2) is 0 Å². The maximum Gasteiger partial charge on any atom is 0.416 e. The van der Waals surface area contributed by atoms with Gasteiger partial charge in [-0.3, -0.25) is 4.79 Å². The topological polar surface area (TPSA) is 74.7 Å². The predicted octanol–water partition coefficient (Wildman–Crippen LogP) is 1.82. The molecule has 0 saturated carbocycles. The Morgan fingerprint density at radius 2 is 1.90 bits per heavy atom. The van der Waals surface area contributed by atoms with Crippen LogP contribution in [0.1, 0.15) is 12.0 Å². The standard InChI is InChI=1S/C11H9F4NO4S/c12-11(13,14)6-1-2-9(17)8(3-6)16-5-7(4-10(16)18)21(15,19)20/h1-3,7,17H,4-5H2. The summed E-state index contributed by atoms with van der Waals surface area (Å²) in [7, 11) is -4.99. The summed E-state index contributed by atoms with van der Waals surface area (Å²) < 4.78 is 72.3. The second kappa shape index (κ2) is 4.86. The molecule has 1 aromatic rings. The van der Waals surface area contributed by atoms with E-state index >= 15 is 0 Å². The van der Waals surface area contributed by atoms with Gasteiger partial charge in [0.15, 0.2) is 0 Å². The number of amides is 1. The van der Waals surface area contributed by atoms with Gasteiger partial charge in [0.1, 0.15) is 11.0 Å². The molecule has 1 aromatic carbocycles. The van der Waals surface area contributed by atoms with Crippen LogP contribution >= 0.6 is 0 Å². The molecular weight excluding hydrogens is 318 g/mol. The number of aromatic hydroxyl groups is 1. The Bertz CT molecular complexity index is 686. The molecule has 1 atom stereocenters. The van der Waals surface area contributed by atoms with Gasteiger partial charge in [0.2, 0.25) is 5.91 Å². The van der Waals surface area contributed by atoms with Gasteiger partial charge < -0.3 is 10.0 Å². The van der Waals surface area contributed by atoms with Gasteiger partial charge in [0, 0.05) is 13.0 Å². The molecule has 1 unspecified atom stereocenters. The fourth-order valence-corrected chi connectivity index (χ4v) is 2.68. The number of nitrogens with zero attached hydrogens (tertiary/aromatic N) is 1. The van der Waals surface area contributed by atoms with Crippen molar-refractivity contribution < 1.29 is 35.4 Å². The van der Waals surface area contributed by atoms with Crippen LogP contribution in [0.15, 0.2) is 18.2 Å². The minimum absolute atomic E-state index is 0.499. The second-order valence-corrected chi connectivity index (χ2v) is 6.13. The Kier molecular flexibility index (Phi) is 3.60. The Balaban J connectivity index is 2.41. The second-order valence-electron chi connectivity index (χ2n) is 4.51. The highest BCUT2D eigenvalue weighted by Crippen LogP contribution is 2.38. The molecule has 21 heavy (non-hydrogen) atoms. The average Bonchev–Trinajstić information content (AvgIpc) is 2.70. The Morgan fingerprint density at radius 3 is 2.38 bits per heavy atom. The van der Waals surface area contributed by atoms with Crippen LogP contribution in [0.5, 0.6) is 5.75 Å². The zero-order valence-corrected chi connectivity index (χ0v) is 11.1. The van der Waals surface area contributed by atoms with E-state index in [1.165, 1.54) is 0 Å². The first-order valence-corrected chi connectivity index (χ1v) is 7.09. The molecule has 1 saturated heterocycles. The number of halogens is 4. The van der Waals surface area contributed by atoms with Crippen LogP contribution in [0.3, 0.4) is 0 Å². The van der Waals surface area contributed by atoms with Gasteiger partial charge in [-0.1, -0.05) is 0 Å². The van der Waals surface area contributed by atoms with Crippen LogP contribution < -0.4 is 4.90 Å². The fourth-order valence-electron chi connectivity index (χ4n) is 2.01. The first-order chi connectivity index (χ1) is 9.50. The number of carbonyl (C=O) groups excluding carboxylic acids is 1. The van der Waals surface area contributed by atoms with Gasteiger partial charge in [-0.2, -0.15) is 21.6 Å². The van der Waals surface area contributed by atoms with Gasteiger partial charge in [0.05, 0.1) is 11.3 Å². The Labute approximate surface area is 117 Å². The van der Waals surface area contributed by atoms with Crippen LogP contribution in [0.25, 0.3) is 0 Å². The van der Waals surface area contributed by atoms with E-state index < -0.39 is 57.5 Å². The van der Waals surface area contributed by atoms with Crippen molar-refractivity contribution in [1.29, 1.82) is 0 Å². The molecule has 1 amide bonds. The largest absolute Gasteiger partial charge is 0.506 e. The fraction of sp³-hybridized carbons (Fsp3) is 0.364. The number of anilines is 1. The minimum Gasteiger partial charge on any atom is -0.506 e. The van der Waals surface area contributed by atoms with Crippen molar-refractivity contribution in [3.8, 4) is 5.75 Å².